The van der Waals surface area contributed by atoms with Crippen LogP contribution in [-0.2, 0) is 6.42 Å². The highest BCUT2D eigenvalue weighted by Gasteiger charge is 2.21. The lowest BCUT2D eigenvalue weighted by Crippen LogP contribution is -2.50. The zero-order valence-electron chi connectivity index (χ0n) is 15.3. The average molecular weight is 345 g/mol. The number of amides is 2. The van der Waals surface area contributed by atoms with Crippen LogP contribution in [0.15, 0.2) is 24.5 Å². The van der Waals surface area contributed by atoms with E-state index < -0.39 is 0 Å². The van der Waals surface area contributed by atoms with Crippen molar-refractivity contribution in [2.24, 2.45) is 0 Å². The lowest BCUT2D eigenvalue weighted by atomic mass is 10.0. The summed E-state index contributed by atoms with van der Waals surface area (Å²) >= 11 is 0. The average Bonchev–Trinajstić information content (AvgIpc) is 2.90. The molecule has 1 saturated heterocycles. The molecule has 2 aliphatic rings. The minimum atomic E-state index is 0.0436. The highest BCUT2D eigenvalue weighted by molar-refractivity contribution is 5.74. The molecule has 1 aliphatic heterocycles. The normalized spacial score (nSPS) is 20.8. The van der Waals surface area contributed by atoms with Crippen LogP contribution in [0.5, 0.6) is 0 Å². The number of piperidine rings is 1. The molecule has 1 saturated carbocycles. The molecule has 0 atom stereocenters. The predicted molar refractivity (Wildman–Crippen MR) is 101 cm³/mol. The van der Waals surface area contributed by atoms with E-state index in [0.29, 0.717) is 12.1 Å². The molecule has 0 spiro atoms. The third-order valence-electron chi connectivity index (χ3n) is 5.58. The molecular weight excluding hydrogens is 312 g/mol. The summed E-state index contributed by atoms with van der Waals surface area (Å²) in [6.45, 7) is 3.23. The second-order valence-corrected chi connectivity index (χ2v) is 7.53. The first-order valence-electron chi connectivity index (χ1n) is 9.98. The highest BCUT2D eigenvalue weighted by Crippen LogP contribution is 2.17. The maximum absolute atomic E-state index is 12.2. The summed E-state index contributed by atoms with van der Waals surface area (Å²) in [6, 6.07) is 4.92. The molecule has 0 unspecified atom stereocenters. The molecule has 5 nitrogen and oxygen atoms in total. The number of pyridine rings is 1. The Morgan fingerprint density at radius 2 is 1.56 bits per heavy atom. The molecule has 0 aromatic carbocycles. The van der Waals surface area contributed by atoms with E-state index in [9.17, 15) is 4.79 Å². The van der Waals surface area contributed by atoms with Crippen molar-refractivity contribution in [3.05, 3.63) is 30.1 Å². The van der Waals surface area contributed by atoms with Gasteiger partial charge in [-0.1, -0.05) is 25.7 Å². The second-order valence-electron chi connectivity index (χ2n) is 7.53. The van der Waals surface area contributed by atoms with Crippen molar-refractivity contribution in [1.82, 2.24) is 20.5 Å². The molecule has 25 heavy (non-hydrogen) atoms. The molecule has 138 valence electrons. The summed E-state index contributed by atoms with van der Waals surface area (Å²) < 4.78 is 0. The zero-order valence-corrected chi connectivity index (χ0v) is 15.3. The van der Waals surface area contributed by atoms with E-state index in [-0.39, 0.29) is 6.03 Å². The van der Waals surface area contributed by atoms with E-state index in [1.165, 1.54) is 31.2 Å². The van der Waals surface area contributed by atoms with Gasteiger partial charge in [-0.15, -0.1) is 0 Å². The first-order valence-corrected chi connectivity index (χ1v) is 9.98. The fraction of sp³-hybridized carbons (Fsp3) is 0.700. The maximum Gasteiger partial charge on any atom is 0.315 e. The molecule has 1 aromatic heterocycles. The molecule has 3 rings (SSSR count). The van der Waals surface area contributed by atoms with Gasteiger partial charge in [0, 0.05) is 44.1 Å². The topological polar surface area (TPSA) is 57.3 Å². The molecule has 1 aromatic rings. The number of likely N-dealkylation sites (tertiary alicyclic amines) is 1. The van der Waals surface area contributed by atoms with Crippen LogP contribution in [0.4, 0.5) is 4.79 Å². The lowest BCUT2D eigenvalue weighted by Gasteiger charge is -2.32. The molecule has 0 bridgehead atoms. The summed E-state index contributed by atoms with van der Waals surface area (Å²) in [6.07, 6.45) is 14.3. The van der Waals surface area contributed by atoms with Crippen LogP contribution in [0.1, 0.15) is 56.9 Å². The van der Waals surface area contributed by atoms with Crippen molar-refractivity contribution >= 4 is 6.03 Å². The lowest BCUT2D eigenvalue weighted by molar-refractivity contribution is 0.192. The number of carbonyl (C=O) groups is 1. The Hall–Kier alpha value is -1.62. The van der Waals surface area contributed by atoms with E-state index in [1.807, 2.05) is 12.4 Å². The van der Waals surface area contributed by atoms with Crippen LogP contribution < -0.4 is 10.6 Å². The third-order valence-corrected chi connectivity index (χ3v) is 5.58. The Morgan fingerprint density at radius 3 is 2.20 bits per heavy atom. The number of rotatable bonds is 5. The number of aromatic nitrogens is 1. The Labute approximate surface area is 151 Å². The quantitative estimate of drug-likeness (QED) is 0.807. The van der Waals surface area contributed by atoms with Gasteiger partial charge in [0.25, 0.3) is 0 Å². The van der Waals surface area contributed by atoms with Crippen molar-refractivity contribution in [3.8, 4) is 0 Å². The molecule has 2 N–H and O–H groups in total. The molecule has 5 heteroatoms. The number of hydrogen-bond acceptors (Lipinski definition) is 3. The minimum absolute atomic E-state index is 0.0436. The zero-order chi connectivity index (χ0) is 17.3. The number of carbonyl (C=O) groups excluding carboxylic acids is 1. The molecule has 1 aliphatic carbocycles. The molecule has 0 radical (unpaired) electrons. The summed E-state index contributed by atoms with van der Waals surface area (Å²) in [5.74, 6) is 0. The molecule has 2 amide bonds. The van der Waals surface area contributed by atoms with Gasteiger partial charge in [-0.3, -0.25) is 4.98 Å². The van der Waals surface area contributed by atoms with Gasteiger partial charge in [0.2, 0.25) is 0 Å². The van der Waals surface area contributed by atoms with Crippen LogP contribution >= 0.6 is 0 Å². The summed E-state index contributed by atoms with van der Waals surface area (Å²) in [5.41, 5.74) is 1.35. The van der Waals surface area contributed by atoms with E-state index in [4.69, 9.17) is 0 Å². The van der Waals surface area contributed by atoms with E-state index in [0.717, 1.165) is 51.7 Å². The standard InChI is InChI=1S/C20H32N4O/c25-20(22-18-5-3-1-2-4-6-18)23-19-10-15-24(16-11-19)14-9-17-7-12-21-13-8-17/h7-8,12-13,18-19H,1-6,9-11,14-16H2,(H2,22,23,25). The first-order chi connectivity index (χ1) is 12.3. The largest absolute Gasteiger partial charge is 0.335 e. The van der Waals surface area contributed by atoms with Crippen molar-refractivity contribution in [3.63, 3.8) is 0 Å². The summed E-state index contributed by atoms with van der Waals surface area (Å²) in [4.78, 5) is 18.8. The highest BCUT2D eigenvalue weighted by atomic mass is 16.2. The number of nitrogens with zero attached hydrogens (tertiary/aromatic N) is 2. The SMILES string of the molecule is O=C(NC1CCCCCC1)NC1CCN(CCc2ccncc2)CC1. The van der Waals surface area contributed by atoms with Crippen LogP contribution in [0.3, 0.4) is 0 Å². The van der Waals surface area contributed by atoms with Gasteiger partial charge in [0.15, 0.2) is 0 Å². The van der Waals surface area contributed by atoms with Gasteiger partial charge < -0.3 is 15.5 Å². The van der Waals surface area contributed by atoms with Crippen molar-refractivity contribution in [1.29, 1.82) is 0 Å². The first kappa shape index (κ1) is 18.2. The molecular formula is C20H32N4O. The van der Waals surface area contributed by atoms with Crippen molar-refractivity contribution in [2.75, 3.05) is 19.6 Å². The van der Waals surface area contributed by atoms with E-state index >= 15 is 0 Å². The second kappa shape index (κ2) is 9.76. The Kier molecular flexibility index (Phi) is 7.10. The number of nitrogens with one attached hydrogen (secondary N) is 2. The minimum Gasteiger partial charge on any atom is -0.335 e. The van der Waals surface area contributed by atoms with Gasteiger partial charge in [-0.2, -0.15) is 0 Å². The number of hydrogen-bond donors (Lipinski definition) is 2. The third kappa shape index (κ3) is 6.31. The van der Waals surface area contributed by atoms with Gasteiger partial charge >= 0.3 is 6.03 Å². The van der Waals surface area contributed by atoms with Crippen LogP contribution in [0.25, 0.3) is 0 Å². The molecule has 2 heterocycles. The van der Waals surface area contributed by atoms with Crippen LogP contribution in [-0.4, -0.2) is 47.6 Å². The van der Waals surface area contributed by atoms with E-state index in [1.54, 1.807) is 0 Å². The predicted octanol–water partition coefficient (Wildman–Crippen LogP) is 3.11. The Balaban J connectivity index is 1.32. The Morgan fingerprint density at radius 1 is 0.960 bits per heavy atom. The van der Waals surface area contributed by atoms with E-state index in [2.05, 4.69) is 32.7 Å². The summed E-state index contributed by atoms with van der Waals surface area (Å²) in [5, 5.41) is 6.39. The smallest absolute Gasteiger partial charge is 0.315 e. The van der Waals surface area contributed by atoms with Crippen molar-refractivity contribution in [2.45, 2.75) is 69.9 Å². The summed E-state index contributed by atoms with van der Waals surface area (Å²) in [7, 11) is 0. The monoisotopic (exact) mass is 344 g/mol. The van der Waals surface area contributed by atoms with Crippen molar-refractivity contribution < 1.29 is 4.79 Å². The fourth-order valence-electron chi connectivity index (χ4n) is 3.97. The fourth-order valence-corrected chi connectivity index (χ4v) is 3.97. The Bertz CT molecular complexity index is 506. The maximum atomic E-state index is 12.2. The molecule has 2 fully saturated rings. The van der Waals surface area contributed by atoms with Crippen LogP contribution in [0.2, 0.25) is 0 Å². The number of urea groups is 1. The van der Waals surface area contributed by atoms with Crippen LogP contribution in [0, 0.1) is 0 Å². The van der Waals surface area contributed by atoms with Gasteiger partial charge in [0.05, 0.1) is 0 Å². The van der Waals surface area contributed by atoms with Gasteiger partial charge in [-0.25, -0.2) is 4.79 Å². The van der Waals surface area contributed by atoms with Gasteiger partial charge in [0.1, 0.15) is 0 Å². The van der Waals surface area contributed by atoms with Gasteiger partial charge in [-0.05, 0) is 49.8 Å².